The Hall–Kier alpha value is -3.73. The van der Waals surface area contributed by atoms with Crippen LogP contribution in [0.5, 0.6) is 23.0 Å². The second kappa shape index (κ2) is 6.88. The van der Waals surface area contributed by atoms with Gasteiger partial charge in [-0.25, -0.2) is 0 Å². The third kappa shape index (κ3) is 3.48. The van der Waals surface area contributed by atoms with E-state index in [2.05, 4.69) is 0 Å². The third-order valence-electron chi connectivity index (χ3n) is 4.16. The fourth-order valence-electron chi connectivity index (χ4n) is 2.83. The van der Waals surface area contributed by atoms with Crippen LogP contribution in [0.15, 0.2) is 72.5 Å². The fourth-order valence-corrected chi connectivity index (χ4v) is 2.83. The van der Waals surface area contributed by atoms with Crippen molar-refractivity contribution < 1.29 is 24.5 Å². The summed E-state index contributed by atoms with van der Waals surface area (Å²) in [5, 5.41) is 19.4. The molecule has 0 saturated carbocycles. The van der Waals surface area contributed by atoms with E-state index in [1.807, 2.05) is 54.6 Å². The van der Waals surface area contributed by atoms with Crippen molar-refractivity contribution >= 4 is 11.9 Å². The van der Waals surface area contributed by atoms with Crippen molar-refractivity contribution in [3.63, 3.8) is 0 Å². The zero-order valence-electron chi connectivity index (χ0n) is 14.3. The van der Waals surface area contributed by atoms with Gasteiger partial charge in [-0.2, -0.15) is 0 Å². The standard InChI is InChI=1S/C22H16O5/c23-16-11-18(24)21-19(12-16)27-20(22(21)25)10-14-6-8-17(9-7-14)26-13-15-4-2-1-3-5-15/h1-12,23-24H,13H2/b20-10-. The summed E-state index contributed by atoms with van der Waals surface area (Å²) in [5.41, 5.74) is 1.89. The molecule has 0 spiro atoms. The first-order chi connectivity index (χ1) is 13.1. The molecule has 2 N–H and O–H groups in total. The van der Waals surface area contributed by atoms with E-state index in [0.29, 0.717) is 12.4 Å². The van der Waals surface area contributed by atoms with Crippen LogP contribution in [0.4, 0.5) is 0 Å². The summed E-state index contributed by atoms with van der Waals surface area (Å²) in [6.45, 7) is 0.473. The molecule has 0 aromatic heterocycles. The molecule has 1 heterocycles. The van der Waals surface area contributed by atoms with Gasteiger partial charge in [-0.3, -0.25) is 4.79 Å². The highest BCUT2D eigenvalue weighted by Crippen LogP contribution is 2.40. The van der Waals surface area contributed by atoms with Crippen LogP contribution in [0.2, 0.25) is 0 Å². The van der Waals surface area contributed by atoms with Crippen LogP contribution in [0, 0.1) is 0 Å². The first-order valence-electron chi connectivity index (χ1n) is 8.37. The number of phenols is 2. The summed E-state index contributed by atoms with van der Waals surface area (Å²) < 4.78 is 11.2. The third-order valence-corrected chi connectivity index (χ3v) is 4.16. The highest BCUT2D eigenvalue weighted by atomic mass is 16.5. The Morgan fingerprint density at radius 3 is 2.44 bits per heavy atom. The molecule has 3 aromatic carbocycles. The minimum absolute atomic E-state index is 0.0573. The molecular weight excluding hydrogens is 344 g/mol. The molecule has 0 atom stereocenters. The topological polar surface area (TPSA) is 76.0 Å². The Bertz CT molecular complexity index is 1020. The highest BCUT2D eigenvalue weighted by Gasteiger charge is 2.31. The van der Waals surface area contributed by atoms with Gasteiger partial charge in [-0.1, -0.05) is 42.5 Å². The number of fused-ring (bicyclic) bond motifs is 1. The number of benzene rings is 3. The SMILES string of the molecule is O=C1/C(=C/c2ccc(OCc3ccccc3)cc2)Oc2cc(O)cc(O)c21. The number of ketones is 1. The lowest BCUT2D eigenvalue weighted by atomic mass is 10.1. The summed E-state index contributed by atoms with van der Waals surface area (Å²) in [6, 6.07) is 19.5. The monoisotopic (exact) mass is 360 g/mol. The summed E-state index contributed by atoms with van der Waals surface area (Å²) >= 11 is 0. The average molecular weight is 360 g/mol. The summed E-state index contributed by atoms with van der Waals surface area (Å²) in [5.74, 6) is 0.0520. The molecule has 0 aliphatic carbocycles. The van der Waals surface area contributed by atoms with Crippen molar-refractivity contribution in [2.45, 2.75) is 6.61 Å². The van der Waals surface area contributed by atoms with E-state index in [-0.39, 0.29) is 28.6 Å². The maximum absolute atomic E-state index is 12.4. The Labute approximate surface area is 155 Å². The van der Waals surface area contributed by atoms with E-state index in [1.165, 1.54) is 6.07 Å². The van der Waals surface area contributed by atoms with Crippen LogP contribution >= 0.6 is 0 Å². The van der Waals surface area contributed by atoms with Crippen LogP contribution < -0.4 is 9.47 Å². The maximum atomic E-state index is 12.4. The number of Topliss-reactive ketones (excluding diaryl/α,β-unsaturated/α-hetero) is 1. The molecular formula is C22H16O5. The van der Waals surface area contributed by atoms with E-state index < -0.39 is 5.78 Å². The van der Waals surface area contributed by atoms with E-state index in [0.717, 1.165) is 17.2 Å². The van der Waals surface area contributed by atoms with Gasteiger partial charge >= 0.3 is 0 Å². The van der Waals surface area contributed by atoms with E-state index in [4.69, 9.17) is 9.47 Å². The van der Waals surface area contributed by atoms with Crippen molar-refractivity contribution in [2.24, 2.45) is 0 Å². The number of carbonyl (C=O) groups excluding carboxylic acids is 1. The molecule has 1 aliphatic heterocycles. The fraction of sp³-hybridized carbons (Fsp3) is 0.0455. The first-order valence-corrected chi connectivity index (χ1v) is 8.37. The number of allylic oxidation sites excluding steroid dienone is 1. The van der Waals surface area contributed by atoms with Gasteiger partial charge in [0.2, 0.25) is 5.78 Å². The molecule has 0 unspecified atom stereocenters. The summed E-state index contributed by atoms with van der Waals surface area (Å²) in [7, 11) is 0. The average Bonchev–Trinajstić information content (AvgIpc) is 2.97. The van der Waals surface area contributed by atoms with Crippen LogP contribution in [0.3, 0.4) is 0 Å². The van der Waals surface area contributed by atoms with Crippen molar-refractivity contribution in [2.75, 3.05) is 0 Å². The van der Waals surface area contributed by atoms with Crippen LogP contribution in [0.25, 0.3) is 6.08 Å². The quantitative estimate of drug-likeness (QED) is 0.679. The molecule has 134 valence electrons. The van der Waals surface area contributed by atoms with Crippen molar-refractivity contribution in [3.8, 4) is 23.0 Å². The van der Waals surface area contributed by atoms with Gasteiger partial charge in [-0.15, -0.1) is 0 Å². The molecule has 4 rings (SSSR count). The lowest BCUT2D eigenvalue weighted by molar-refractivity contribution is 0.101. The molecule has 5 heteroatoms. The van der Waals surface area contributed by atoms with Gasteiger partial charge in [0.15, 0.2) is 5.76 Å². The number of ether oxygens (including phenoxy) is 2. The molecule has 0 bridgehead atoms. The number of phenolic OH excluding ortho intramolecular Hbond substituents is 2. The molecule has 27 heavy (non-hydrogen) atoms. The zero-order chi connectivity index (χ0) is 18.8. The largest absolute Gasteiger partial charge is 0.508 e. The van der Waals surface area contributed by atoms with Gasteiger partial charge in [0.1, 0.15) is 35.2 Å². The number of hydrogen-bond donors (Lipinski definition) is 2. The van der Waals surface area contributed by atoms with E-state index in [1.54, 1.807) is 6.08 Å². The molecule has 5 nitrogen and oxygen atoms in total. The Morgan fingerprint density at radius 2 is 1.70 bits per heavy atom. The summed E-state index contributed by atoms with van der Waals surface area (Å²) in [6.07, 6.45) is 1.58. The van der Waals surface area contributed by atoms with Crippen molar-refractivity contribution in [1.82, 2.24) is 0 Å². The number of hydrogen-bond acceptors (Lipinski definition) is 5. The van der Waals surface area contributed by atoms with Crippen LogP contribution in [-0.4, -0.2) is 16.0 Å². The second-order valence-corrected chi connectivity index (χ2v) is 6.12. The normalized spacial score (nSPS) is 14.1. The molecule has 0 amide bonds. The number of rotatable bonds is 4. The van der Waals surface area contributed by atoms with Crippen LogP contribution in [-0.2, 0) is 6.61 Å². The Balaban J connectivity index is 1.48. The van der Waals surface area contributed by atoms with E-state index in [9.17, 15) is 15.0 Å². The Morgan fingerprint density at radius 1 is 0.963 bits per heavy atom. The predicted molar refractivity (Wildman–Crippen MR) is 99.9 cm³/mol. The van der Waals surface area contributed by atoms with Gasteiger partial charge in [0.25, 0.3) is 0 Å². The molecule has 3 aromatic rings. The Kier molecular flexibility index (Phi) is 4.26. The lowest BCUT2D eigenvalue weighted by Gasteiger charge is -2.06. The first kappa shape index (κ1) is 16.7. The van der Waals surface area contributed by atoms with Crippen LogP contribution in [0.1, 0.15) is 21.5 Å². The smallest absolute Gasteiger partial charge is 0.235 e. The van der Waals surface area contributed by atoms with E-state index >= 15 is 0 Å². The minimum atomic E-state index is -0.424. The van der Waals surface area contributed by atoms with Gasteiger partial charge in [0, 0.05) is 12.1 Å². The lowest BCUT2D eigenvalue weighted by Crippen LogP contribution is -1.98. The van der Waals surface area contributed by atoms with Gasteiger partial charge in [-0.05, 0) is 29.3 Å². The molecule has 0 saturated heterocycles. The number of aromatic hydroxyl groups is 2. The highest BCUT2D eigenvalue weighted by molar-refractivity contribution is 6.16. The molecule has 0 radical (unpaired) electrons. The molecule has 0 fully saturated rings. The molecule has 1 aliphatic rings. The van der Waals surface area contributed by atoms with Gasteiger partial charge < -0.3 is 19.7 Å². The van der Waals surface area contributed by atoms with Crippen molar-refractivity contribution in [3.05, 3.63) is 89.2 Å². The summed E-state index contributed by atoms with van der Waals surface area (Å²) in [4.78, 5) is 12.4. The maximum Gasteiger partial charge on any atom is 0.235 e. The zero-order valence-corrected chi connectivity index (χ0v) is 14.3. The van der Waals surface area contributed by atoms with Crippen molar-refractivity contribution in [1.29, 1.82) is 0 Å². The predicted octanol–water partition coefficient (Wildman–Crippen LogP) is 4.29. The minimum Gasteiger partial charge on any atom is -0.508 e. The second-order valence-electron chi connectivity index (χ2n) is 6.12. The van der Waals surface area contributed by atoms with Gasteiger partial charge in [0.05, 0.1) is 0 Å². The number of carbonyl (C=O) groups is 1.